The Kier molecular flexibility index (Phi) is 1.10. The highest BCUT2D eigenvalue weighted by Gasteiger charge is 2.56. The largest absolute Gasteiger partial charge is 0.312 e. The minimum absolute atomic E-state index is 0.0538. The molecule has 58 valence electrons. The van der Waals surface area contributed by atoms with Gasteiger partial charge in [-0.15, -0.1) is 0 Å². The van der Waals surface area contributed by atoms with Crippen LogP contribution in [0.3, 0.4) is 0 Å². The van der Waals surface area contributed by atoms with Gasteiger partial charge >= 0.3 is 0 Å². The molecule has 2 aliphatic heterocycles. The summed E-state index contributed by atoms with van der Waals surface area (Å²) in [5.74, 6) is 0. The molecule has 1 fully saturated rings. The predicted octanol–water partition coefficient (Wildman–Crippen LogP) is 0.324. The van der Waals surface area contributed by atoms with E-state index in [2.05, 4.69) is 28.5 Å². The maximum atomic E-state index is 8.95. The van der Waals surface area contributed by atoms with Crippen LogP contribution in [0, 0.1) is 16.7 Å². The maximum Gasteiger partial charge on any atom is 0.188 e. The summed E-state index contributed by atoms with van der Waals surface area (Å²) < 4.78 is 0. The maximum absolute atomic E-state index is 8.95. The fraction of sp³-hybridized carbons (Fsp3) is 0.857. The molecule has 11 heavy (non-hydrogen) atoms. The first-order valence-electron chi connectivity index (χ1n) is 3.73. The van der Waals surface area contributed by atoms with Gasteiger partial charge in [-0.05, 0) is 0 Å². The van der Waals surface area contributed by atoms with Crippen molar-refractivity contribution in [1.29, 1.82) is 5.26 Å². The van der Waals surface area contributed by atoms with E-state index in [-0.39, 0.29) is 5.41 Å². The van der Waals surface area contributed by atoms with Crippen molar-refractivity contribution in [2.75, 3.05) is 19.6 Å². The highest BCUT2D eigenvalue weighted by molar-refractivity contribution is 5.24. The Hall–Kier alpha value is -0.950. The summed E-state index contributed by atoms with van der Waals surface area (Å²) in [5, 5.41) is 20.1. The Morgan fingerprint density at radius 1 is 1.55 bits per heavy atom. The second-order valence-corrected chi connectivity index (χ2v) is 3.54. The zero-order valence-corrected chi connectivity index (χ0v) is 6.46. The lowest BCUT2D eigenvalue weighted by Crippen LogP contribution is -2.40. The monoisotopic (exact) mass is 150 g/mol. The molecule has 2 heterocycles. The van der Waals surface area contributed by atoms with Gasteiger partial charge in [0.2, 0.25) is 0 Å². The van der Waals surface area contributed by atoms with Gasteiger partial charge in [-0.25, -0.2) is 0 Å². The molecule has 0 aromatic heterocycles. The van der Waals surface area contributed by atoms with Gasteiger partial charge in [0, 0.05) is 18.5 Å². The minimum Gasteiger partial charge on any atom is -0.312 e. The van der Waals surface area contributed by atoms with E-state index in [9.17, 15) is 0 Å². The van der Waals surface area contributed by atoms with E-state index in [1.165, 1.54) is 0 Å². The number of hydrogen-bond acceptors (Lipinski definition) is 4. The Morgan fingerprint density at radius 3 is 3.00 bits per heavy atom. The summed E-state index contributed by atoms with van der Waals surface area (Å²) in [6, 6.07) is 2.26. The van der Waals surface area contributed by atoms with E-state index >= 15 is 0 Å². The first-order chi connectivity index (χ1) is 5.22. The van der Waals surface area contributed by atoms with Crippen molar-refractivity contribution in [1.82, 2.24) is 5.32 Å². The van der Waals surface area contributed by atoms with Gasteiger partial charge in [0.05, 0.1) is 12.6 Å². The van der Waals surface area contributed by atoms with Crippen LogP contribution in [-0.2, 0) is 0 Å². The fourth-order valence-corrected chi connectivity index (χ4v) is 1.73. The van der Waals surface area contributed by atoms with Crippen molar-refractivity contribution < 1.29 is 0 Å². The molecule has 1 N–H and O–H groups in total. The molecule has 2 aliphatic rings. The van der Waals surface area contributed by atoms with Crippen LogP contribution in [0.2, 0.25) is 0 Å². The van der Waals surface area contributed by atoms with Crippen molar-refractivity contribution >= 4 is 0 Å². The number of rotatable bonds is 0. The van der Waals surface area contributed by atoms with Gasteiger partial charge < -0.3 is 5.32 Å². The molecule has 0 unspecified atom stereocenters. The SMILES string of the molecule is C[C@]12CN=N[C@@]1(C#N)CNC2. The van der Waals surface area contributed by atoms with Gasteiger partial charge in [-0.2, -0.15) is 15.5 Å². The van der Waals surface area contributed by atoms with Crippen LogP contribution in [0.15, 0.2) is 10.2 Å². The predicted molar refractivity (Wildman–Crippen MR) is 39.0 cm³/mol. The molecule has 0 aromatic rings. The molecule has 0 bridgehead atoms. The van der Waals surface area contributed by atoms with E-state index in [0.717, 1.165) is 6.54 Å². The Morgan fingerprint density at radius 2 is 2.36 bits per heavy atom. The van der Waals surface area contributed by atoms with E-state index in [1.54, 1.807) is 0 Å². The zero-order chi connectivity index (χ0) is 7.95. The number of hydrogen-bond donors (Lipinski definition) is 1. The number of nitrogens with zero attached hydrogens (tertiary/aromatic N) is 3. The van der Waals surface area contributed by atoms with Crippen LogP contribution in [0.4, 0.5) is 0 Å². The quantitative estimate of drug-likeness (QED) is 0.540. The molecule has 0 aromatic carbocycles. The average molecular weight is 150 g/mol. The van der Waals surface area contributed by atoms with E-state index in [1.807, 2.05) is 0 Å². The molecular formula is C7H10N4. The smallest absolute Gasteiger partial charge is 0.188 e. The van der Waals surface area contributed by atoms with Crippen molar-refractivity contribution in [3.05, 3.63) is 0 Å². The topological polar surface area (TPSA) is 60.5 Å². The van der Waals surface area contributed by atoms with Crippen molar-refractivity contribution in [3.63, 3.8) is 0 Å². The third-order valence-electron chi connectivity index (χ3n) is 2.74. The Labute approximate surface area is 65.3 Å². The summed E-state index contributed by atoms with van der Waals surface area (Å²) in [6.45, 7) is 4.26. The number of azo groups is 1. The van der Waals surface area contributed by atoms with Crippen LogP contribution in [0.1, 0.15) is 6.92 Å². The van der Waals surface area contributed by atoms with Gasteiger partial charge in [-0.1, -0.05) is 6.92 Å². The summed E-state index contributed by atoms with van der Waals surface area (Å²) in [4.78, 5) is 0. The summed E-state index contributed by atoms with van der Waals surface area (Å²) in [7, 11) is 0. The highest BCUT2D eigenvalue weighted by atomic mass is 15.3. The van der Waals surface area contributed by atoms with Crippen LogP contribution in [-0.4, -0.2) is 25.2 Å². The second-order valence-electron chi connectivity index (χ2n) is 3.54. The third kappa shape index (κ3) is 0.615. The number of nitrogens with one attached hydrogen (secondary N) is 1. The van der Waals surface area contributed by atoms with Gasteiger partial charge in [-0.3, -0.25) is 0 Å². The number of nitriles is 1. The van der Waals surface area contributed by atoms with Crippen molar-refractivity contribution in [2.45, 2.75) is 12.5 Å². The van der Waals surface area contributed by atoms with Crippen molar-refractivity contribution in [3.8, 4) is 6.07 Å². The molecule has 0 aliphatic carbocycles. The highest BCUT2D eigenvalue weighted by Crippen LogP contribution is 2.42. The van der Waals surface area contributed by atoms with E-state index < -0.39 is 5.54 Å². The first-order valence-corrected chi connectivity index (χ1v) is 3.73. The molecule has 0 spiro atoms. The average Bonchev–Trinajstić information content (AvgIpc) is 2.41. The Bertz CT molecular complexity index is 254. The lowest BCUT2D eigenvalue weighted by molar-refractivity contribution is 0.319. The molecule has 4 nitrogen and oxygen atoms in total. The van der Waals surface area contributed by atoms with Gasteiger partial charge in [0.15, 0.2) is 5.54 Å². The van der Waals surface area contributed by atoms with Crippen LogP contribution < -0.4 is 5.32 Å². The van der Waals surface area contributed by atoms with E-state index in [4.69, 9.17) is 5.26 Å². The molecule has 0 saturated carbocycles. The third-order valence-corrected chi connectivity index (χ3v) is 2.74. The first kappa shape index (κ1) is 6.74. The summed E-state index contributed by atoms with van der Waals surface area (Å²) in [5.41, 5.74) is -0.616. The Balaban J connectivity index is 2.44. The van der Waals surface area contributed by atoms with E-state index in [0.29, 0.717) is 13.1 Å². The molecule has 2 rings (SSSR count). The lowest BCUT2D eigenvalue weighted by Gasteiger charge is -2.25. The molecule has 1 saturated heterocycles. The minimum atomic E-state index is -0.562. The number of fused-ring (bicyclic) bond motifs is 1. The summed E-state index contributed by atoms with van der Waals surface area (Å²) in [6.07, 6.45) is 0. The molecular weight excluding hydrogens is 140 g/mol. The van der Waals surface area contributed by atoms with Crippen LogP contribution in [0.25, 0.3) is 0 Å². The molecule has 0 radical (unpaired) electrons. The second kappa shape index (κ2) is 1.80. The molecule has 0 amide bonds. The van der Waals surface area contributed by atoms with Crippen LogP contribution >= 0.6 is 0 Å². The van der Waals surface area contributed by atoms with Crippen LogP contribution in [0.5, 0.6) is 0 Å². The fourth-order valence-electron chi connectivity index (χ4n) is 1.73. The normalized spacial score (nSPS) is 47.3. The standard InChI is InChI=1S/C7H10N4/c1-6-3-9-5-7(6,2-8)11-10-4-6/h9H,3-5H2,1H3/t6-,7-/m0/s1. The zero-order valence-electron chi connectivity index (χ0n) is 6.46. The molecule has 4 heteroatoms. The van der Waals surface area contributed by atoms with Gasteiger partial charge in [0.1, 0.15) is 0 Å². The summed E-state index contributed by atoms with van der Waals surface area (Å²) >= 11 is 0. The molecule has 2 atom stereocenters. The van der Waals surface area contributed by atoms with Gasteiger partial charge in [0.25, 0.3) is 0 Å². The lowest BCUT2D eigenvalue weighted by atomic mass is 9.76. The van der Waals surface area contributed by atoms with Crippen molar-refractivity contribution in [2.24, 2.45) is 15.6 Å².